The molecule has 3 amide bonds. The Morgan fingerprint density at radius 3 is 2.26 bits per heavy atom. The predicted octanol–water partition coefficient (Wildman–Crippen LogP) is 3.77. The lowest BCUT2D eigenvalue weighted by Crippen LogP contribution is -2.60. The molecule has 3 N–H and O–H groups in total. The summed E-state index contributed by atoms with van der Waals surface area (Å²) in [6.45, 7) is 8.37. The van der Waals surface area contributed by atoms with Crippen LogP contribution >= 0.6 is 0 Å². The highest BCUT2D eigenvalue weighted by atomic mass is 16.5. The van der Waals surface area contributed by atoms with Gasteiger partial charge in [0.2, 0.25) is 5.91 Å². The van der Waals surface area contributed by atoms with E-state index in [1.165, 1.54) is 7.11 Å². The van der Waals surface area contributed by atoms with Crippen LogP contribution in [0, 0.1) is 11.3 Å². The van der Waals surface area contributed by atoms with E-state index in [0.29, 0.717) is 25.2 Å². The number of carbonyl (C=O) groups is 3. The van der Waals surface area contributed by atoms with Crippen molar-refractivity contribution in [2.45, 2.75) is 45.8 Å². The minimum absolute atomic E-state index is 0.176. The molecule has 0 saturated carbocycles. The molecule has 8 heteroatoms. The van der Waals surface area contributed by atoms with Gasteiger partial charge in [-0.1, -0.05) is 70.2 Å². The number of amides is 3. The highest BCUT2D eigenvalue weighted by molar-refractivity contribution is 6.04. The maximum Gasteiger partial charge on any atom is 0.411 e. The molecule has 0 spiro atoms. The summed E-state index contributed by atoms with van der Waals surface area (Å²) < 4.78 is 4.63. The zero-order chi connectivity index (χ0) is 25.8. The van der Waals surface area contributed by atoms with Crippen molar-refractivity contribution in [3.63, 3.8) is 0 Å². The normalized spacial score (nSPS) is 20.1. The minimum atomic E-state index is -1.07. The Balaban J connectivity index is 1.78. The third-order valence-corrected chi connectivity index (χ3v) is 6.83. The number of benzene rings is 2. The summed E-state index contributed by atoms with van der Waals surface area (Å²) in [5.74, 6) is -0.846. The molecule has 1 fully saturated rings. The van der Waals surface area contributed by atoms with Crippen molar-refractivity contribution in [3.05, 3.63) is 65.7 Å². The number of nitrogens with zero attached hydrogens (tertiary/aromatic N) is 1. The number of likely N-dealkylation sites (tertiary alicyclic amines) is 1. The second-order valence-corrected chi connectivity index (χ2v) is 9.98. The standard InChI is InChI=1S/C27H35N3O5/c1-18(2)22(29-23(31)20-13-9-10-14-21(20)28-25(33)35-5)24(32)30-16-15-27(34,26(3,4)17-30)19-11-7-6-8-12-19/h6-14,18,22,34H,15-17H2,1-5H3,(H,28,33)(H,29,31)/t22-,27+/m1/s1. The molecular formula is C27H35N3O5. The van der Waals surface area contributed by atoms with Crippen LogP contribution in [0.5, 0.6) is 0 Å². The molecule has 3 rings (SSSR count). The summed E-state index contributed by atoms with van der Waals surface area (Å²) in [6, 6.07) is 15.3. The summed E-state index contributed by atoms with van der Waals surface area (Å²) in [6.07, 6.45) is -0.302. The van der Waals surface area contributed by atoms with Crippen LogP contribution < -0.4 is 10.6 Å². The summed E-state index contributed by atoms with van der Waals surface area (Å²) >= 11 is 0. The lowest BCUT2D eigenvalue weighted by Gasteiger charge is -2.51. The zero-order valence-corrected chi connectivity index (χ0v) is 21.0. The highest BCUT2D eigenvalue weighted by Gasteiger charge is 2.50. The number of carbonyl (C=O) groups excluding carboxylic acids is 3. The smallest absolute Gasteiger partial charge is 0.411 e. The topological polar surface area (TPSA) is 108 Å². The van der Waals surface area contributed by atoms with Gasteiger partial charge >= 0.3 is 6.09 Å². The first-order valence-electron chi connectivity index (χ1n) is 11.8. The number of anilines is 1. The first-order valence-corrected chi connectivity index (χ1v) is 11.8. The van der Waals surface area contributed by atoms with Gasteiger partial charge in [-0.25, -0.2) is 4.79 Å². The number of ether oxygens (including phenoxy) is 1. The molecular weight excluding hydrogens is 446 g/mol. The van der Waals surface area contributed by atoms with Gasteiger partial charge in [0, 0.05) is 18.5 Å². The van der Waals surface area contributed by atoms with E-state index in [9.17, 15) is 19.5 Å². The number of nitrogens with one attached hydrogen (secondary N) is 2. The van der Waals surface area contributed by atoms with Crippen LogP contribution in [0.4, 0.5) is 10.5 Å². The minimum Gasteiger partial charge on any atom is -0.453 e. The monoisotopic (exact) mass is 481 g/mol. The Kier molecular flexibility index (Phi) is 7.85. The SMILES string of the molecule is COC(=O)Nc1ccccc1C(=O)N[C@@H](C(=O)N1CC[C@](O)(c2ccccc2)C(C)(C)C1)C(C)C. The van der Waals surface area contributed by atoms with Crippen molar-refractivity contribution >= 4 is 23.6 Å². The number of methoxy groups -OCH3 is 1. The molecule has 0 aliphatic carbocycles. The molecule has 2 aromatic carbocycles. The van der Waals surface area contributed by atoms with Crippen LogP contribution in [0.3, 0.4) is 0 Å². The Hall–Kier alpha value is -3.39. The second-order valence-electron chi connectivity index (χ2n) is 9.98. The van der Waals surface area contributed by atoms with Crippen molar-refractivity contribution in [1.82, 2.24) is 10.2 Å². The van der Waals surface area contributed by atoms with Crippen molar-refractivity contribution < 1.29 is 24.2 Å². The van der Waals surface area contributed by atoms with Gasteiger partial charge in [-0.3, -0.25) is 14.9 Å². The van der Waals surface area contributed by atoms with Gasteiger partial charge in [0.25, 0.3) is 5.91 Å². The zero-order valence-electron chi connectivity index (χ0n) is 21.0. The summed E-state index contributed by atoms with van der Waals surface area (Å²) in [5.41, 5.74) is -0.321. The summed E-state index contributed by atoms with van der Waals surface area (Å²) in [5, 5.41) is 17.0. The lowest BCUT2D eigenvalue weighted by molar-refractivity contribution is -0.155. The molecule has 8 nitrogen and oxygen atoms in total. The number of para-hydroxylation sites is 1. The fraction of sp³-hybridized carbons (Fsp3) is 0.444. The number of hydrogen-bond acceptors (Lipinski definition) is 5. The van der Waals surface area contributed by atoms with Crippen molar-refractivity contribution in [3.8, 4) is 0 Å². The van der Waals surface area contributed by atoms with Crippen molar-refractivity contribution in [1.29, 1.82) is 0 Å². The molecule has 0 unspecified atom stereocenters. The molecule has 0 aromatic heterocycles. The van der Waals surface area contributed by atoms with E-state index in [1.54, 1.807) is 29.2 Å². The van der Waals surface area contributed by atoms with E-state index in [1.807, 2.05) is 58.0 Å². The van der Waals surface area contributed by atoms with Gasteiger partial charge in [-0.15, -0.1) is 0 Å². The van der Waals surface area contributed by atoms with Gasteiger partial charge in [0.05, 0.1) is 24.0 Å². The quantitative estimate of drug-likeness (QED) is 0.582. The fourth-order valence-electron chi connectivity index (χ4n) is 4.64. The van der Waals surface area contributed by atoms with Crippen LogP contribution in [0.25, 0.3) is 0 Å². The van der Waals surface area contributed by atoms with Gasteiger partial charge in [0.15, 0.2) is 0 Å². The molecule has 2 aromatic rings. The maximum atomic E-state index is 13.6. The average Bonchev–Trinajstić information content (AvgIpc) is 2.84. The fourth-order valence-corrected chi connectivity index (χ4v) is 4.64. The van der Waals surface area contributed by atoms with Gasteiger partial charge < -0.3 is 20.1 Å². The van der Waals surface area contributed by atoms with E-state index in [-0.39, 0.29) is 17.4 Å². The summed E-state index contributed by atoms with van der Waals surface area (Å²) in [7, 11) is 1.24. The third-order valence-electron chi connectivity index (χ3n) is 6.83. The molecule has 1 saturated heterocycles. The van der Waals surface area contributed by atoms with Gasteiger partial charge in [-0.05, 0) is 30.0 Å². The second kappa shape index (κ2) is 10.5. The predicted molar refractivity (Wildman–Crippen MR) is 134 cm³/mol. The van der Waals surface area contributed by atoms with Crippen LogP contribution in [0.2, 0.25) is 0 Å². The van der Waals surface area contributed by atoms with E-state index in [2.05, 4.69) is 15.4 Å². The Labute approximate surface area is 206 Å². The van der Waals surface area contributed by atoms with Crippen LogP contribution in [-0.4, -0.2) is 54.2 Å². The highest BCUT2D eigenvalue weighted by Crippen LogP contribution is 2.46. The van der Waals surface area contributed by atoms with Crippen molar-refractivity contribution in [2.75, 3.05) is 25.5 Å². The third kappa shape index (κ3) is 5.48. The largest absolute Gasteiger partial charge is 0.453 e. The average molecular weight is 482 g/mol. The van der Waals surface area contributed by atoms with Gasteiger partial charge in [0.1, 0.15) is 6.04 Å². The molecule has 1 aliphatic heterocycles. The number of aliphatic hydroxyl groups is 1. The molecule has 1 aliphatic rings. The molecule has 35 heavy (non-hydrogen) atoms. The maximum absolute atomic E-state index is 13.6. The molecule has 0 radical (unpaired) electrons. The number of rotatable bonds is 6. The molecule has 0 bridgehead atoms. The van der Waals surface area contributed by atoms with E-state index < -0.39 is 29.1 Å². The van der Waals surface area contributed by atoms with E-state index >= 15 is 0 Å². The summed E-state index contributed by atoms with van der Waals surface area (Å²) in [4.78, 5) is 40.1. The Bertz CT molecular complexity index is 1070. The van der Waals surface area contributed by atoms with Crippen LogP contribution in [0.1, 0.15) is 50.0 Å². The van der Waals surface area contributed by atoms with Crippen LogP contribution in [-0.2, 0) is 15.1 Å². The van der Waals surface area contributed by atoms with Crippen LogP contribution in [0.15, 0.2) is 54.6 Å². The van der Waals surface area contributed by atoms with E-state index in [4.69, 9.17) is 0 Å². The lowest BCUT2D eigenvalue weighted by atomic mass is 9.66. The Morgan fingerprint density at radius 2 is 1.66 bits per heavy atom. The number of piperidine rings is 1. The first kappa shape index (κ1) is 26.2. The molecule has 2 atom stereocenters. The molecule has 188 valence electrons. The Morgan fingerprint density at radius 1 is 1.03 bits per heavy atom. The first-order chi connectivity index (χ1) is 16.5. The van der Waals surface area contributed by atoms with E-state index in [0.717, 1.165) is 5.56 Å². The van der Waals surface area contributed by atoms with Gasteiger partial charge in [-0.2, -0.15) is 0 Å². The molecule has 1 heterocycles. The number of hydrogen-bond donors (Lipinski definition) is 3. The van der Waals surface area contributed by atoms with Crippen molar-refractivity contribution in [2.24, 2.45) is 11.3 Å².